The lowest BCUT2D eigenvalue weighted by atomic mass is 9.83. The van der Waals surface area contributed by atoms with E-state index >= 15 is 0 Å². The third-order valence-corrected chi connectivity index (χ3v) is 4.48. The highest BCUT2D eigenvalue weighted by atomic mass is 32.2. The first-order valence-corrected chi connectivity index (χ1v) is 7.69. The molecule has 3 N–H and O–H groups in total. The second-order valence-electron chi connectivity index (χ2n) is 4.77. The Morgan fingerprint density at radius 3 is 2.24 bits per heavy atom. The molecule has 13 heteroatoms. The zero-order valence-corrected chi connectivity index (χ0v) is 12.7. The van der Waals surface area contributed by atoms with Crippen molar-refractivity contribution >= 4 is 33.5 Å². The maximum absolute atomic E-state index is 11.7. The minimum Gasteiger partial charge on any atom is -0.478 e. The lowest BCUT2D eigenvalue weighted by Crippen LogP contribution is -2.33. The maximum Gasteiger partial charge on any atom is 0.344 e. The van der Waals surface area contributed by atoms with Gasteiger partial charge in [0.2, 0.25) is 0 Å². The van der Waals surface area contributed by atoms with E-state index in [-0.39, 0.29) is 0 Å². The monoisotopic (exact) mass is 369 g/mol. The molecule has 0 amide bonds. The van der Waals surface area contributed by atoms with Gasteiger partial charge in [-0.1, -0.05) is 0 Å². The fourth-order valence-electron chi connectivity index (χ4n) is 2.49. The molecule has 1 atom stereocenters. The van der Waals surface area contributed by atoms with Crippen LogP contribution < -0.4 is 0 Å². The molecule has 0 spiro atoms. The summed E-state index contributed by atoms with van der Waals surface area (Å²) < 4.78 is 32.8. The largest absolute Gasteiger partial charge is 0.478 e. The van der Waals surface area contributed by atoms with Gasteiger partial charge in [0.05, 0.1) is 16.1 Å². The van der Waals surface area contributed by atoms with E-state index in [0.29, 0.717) is 6.07 Å². The van der Waals surface area contributed by atoms with Crippen LogP contribution in [0, 0.1) is 10.1 Å². The van der Waals surface area contributed by atoms with Gasteiger partial charge < -0.3 is 15.7 Å². The van der Waals surface area contributed by atoms with E-state index in [2.05, 4.69) is 4.79 Å². The molecule has 1 aliphatic carbocycles. The quantitative estimate of drug-likeness (QED) is 0.214. The van der Waals surface area contributed by atoms with Crippen LogP contribution in [0.2, 0.25) is 0 Å². The first kappa shape index (κ1) is 17.9. The number of rotatable bonds is 4. The normalized spacial score (nSPS) is 16.8. The number of carbonyl (C=O) groups is 2. The van der Waals surface area contributed by atoms with Crippen LogP contribution in [0.5, 0.6) is 0 Å². The predicted molar refractivity (Wildman–Crippen MR) is 77.4 cm³/mol. The van der Waals surface area contributed by atoms with Crippen molar-refractivity contribution < 1.29 is 42.5 Å². The molecule has 0 aromatic heterocycles. The number of nitro groups is 1. The van der Waals surface area contributed by atoms with Gasteiger partial charge in [-0.2, -0.15) is 13.2 Å². The molecule has 0 aliphatic heterocycles. The van der Waals surface area contributed by atoms with E-state index in [1.54, 1.807) is 0 Å². The molecule has 0 heterocycles. The van der Waals surface area contributed by atoms with Crippen LogP contribution in [-0.4, -0.2) is 50.5 Å². The Kier molecular flexibility index (Phi) is 4.23. The third-order valence-electron chi connectivity index (χ3n) is 3.39. The Balaban J connectivity index is 3.06. The van der Waals surface area contributed by atoms with Gasteiger partial charge in [0.15, 0.2) is 5.57 Å². The molecular formula is C12H7N3O9S. The van der Waals surface area contributed by atoms with E-state index in [1.807, 2.05) is 0 Å². The third kappa shape index (κ3) is 2.89. The second kappa shape index (κ2) is 5.90. The standard InChI is InChI=1S/C12H7N3O9S/c13-14-9-5-2-1-4(15(20)21)3-6(5)10(25(22,23)24)8(12(18)19)7(9)11(16)17/h1-3,10H,(H,16,17)(H,18,19)(H,22,23,24). The van der Waals surface area contributed by atoms with Crippen molar-refractivity contribution in [2.45, 2.75) is 5.25 Å². The van der Waals surface area contributed by atoms with Gasteiger partial charge in [-0.3, -0.25) is 14.7 Å². The molecule has 0 radical (unpaired) electrons. The molecule has 1 aromatic carbocycles. The number of benzene rings is 1. The van der Waals surface area contributed by atoms with Gasteiger partial charge in [0.1, 0.15) is 5.25 Å². The Bertz CT molecular complexity index is 1020. The lowest BCUT2D eigenvalue weighted by molar-refractivity contribution is -0.384. The van der Waals surface area contributed by atoms with Crippen LogP contribution in [0.25, 0.3) is 5.53 Å². The number of aliphatic carboxylic acids is 2. The van der Waals surface area contributed by atoms with E-state index in [4.69, 9.17) is 5.53 Å². The number of hydrogen-bond donors (Lipinski definition) is 3. The second-order valence-corrected chi connectivity index (χ2v) is 6.27. The van der Waals surface area contributed by atoms with Gasteiger partial charge >= 0.3 is 17.7 Å². The van der Waals surface area contributed by atoms with Crippen molar-refractivity contribution in [2.75, 3.05) is 0 Å². The van der Waals surface area contributed by atoms with Gasteiger partial charge in [-0.15, -0.1) is 0 Å². The van der Waals surface area contributed by atoms with Crippen molar-refractivity contribution in [2.24, 2.45) is 0 Å². The molecule has 0 fully saturated rings. The number of carboxylic acids is 2. The van der Waals surface area contributed by atoms with Crippen LogP contribution in [0.1, 0.15) is 16.4 Å². The summed E-state index contributed by atoms with van der Waals surface area (Å²) in [5.41, 5.74) is 4.15. The van der Waals surface area contributed by atoms with Gasteiger partial charge in [-0.05, 0) is 11.6 Å². The molecule has 130 valence electrons. The van der Waals surface area contributed by atoms with Crippen molar-refractivity contribution in [1.82, 2.24) is 0 Å². The molecule has 25 heavy (non-hydrogen) atoms. The van der Waals surface area contributed by atoms with Crippen LogP contribution in [0.3, 0.4) is 0 Å². The highest BCUT2D eigenvalue weighted by Gasteiger charge is 2.48. The minimum absolute atomic E-state index is 0.391. The SMILES string of the molecule is [N-]=[N+]=C1C(C(=O)O)=C(C(=O)O)C(S(=O)(=O)O)c2cc([N+](=O)[O-])ccc21. The van der Waals surface area contributed by atoms with Crippen LogP contribution in [0.4, 0.5) is 5.69 Å². The molecule has 0 bridgehead atoms. The number of hydrogen-bond acceptors (Lipinski definition) is 6. The Hall–Kier alpha value is -3.41. The Morgan fingerprint density at radius 1 is 1.24 bits per heavy atom. The molecule has 1 aromatic rings. The van der Waals surface area contributed by atoms with Crippen molar-refractivity contribution in [3.63, 3.8) is 0 Å². The van der Waals surface area contributed by atoms with E-state index in [1.165, 1.54) is 0 Å². The van der Waals surface area contributed by atoms with Crippen LogP contribution in [-0.2, 0) is 19.7 Å². The van der Waals surface area contributed by atoms with E-state index in [0.717, 1.165) is 12.1 Å². The molecule has 1 unspecified atom stereocenters. The van der Waals surface area contributed by atoms with E-state index in [9.17, 15) is 42.9 Å². The molecule has 0 saturated carbocycles. The number of nitro benzene ring substituents is 1. The van der Waals surface area contributed by atoms with Crippen molar-refractivity contribution in [3.05, 3.63) is 56.1 Å². The van der Waals surface area contributed by atoms with Gasteiger partial charge in [-0.25, -0.2) is 9.59 Å². The summed E-state index contributed by atoms with van der Waals surface area (Å²) in [7, 11) is -5.24. The summed E-state index contributed by atoms with van der Waals surface area (Å²) in [5, 5.41) is 26.9. The molecule has 0 saturated heterocycles. The van der Waals surface area contributed by atoms with Crippen molar-refractivity contribution in [3.8, 4) is 0 Å². The zero-order valence-electron chi connectivity index (χ0n) is 11.9. The average Bonchev–Trinajstić information content (AvgIpc) is 2.50. The minimum atomic E-state index is -5.24. The van der Waals surface area contributed by atoms with Gasteiger partial charge in [0, 0.05) is 12.1 Å². The molecule has 1 aliphatic rings. The number of fused-ring (bicyclic) bond motifs is 1. The first-order valence-electron chi connectivity index (χ1n) is 6.18. The summed E-state index contributed by atoms with van der Waals surface area (Å²) in [4.78, 5) is 35.5. The molecule has 2 rings (SSSR count). The molecule has 12 nitrogen and oxygen atoms in total. The predicted octanol–water partition coefficient (Wildman–Crippen LogP) is 0.0220. The zero-order chi connectivity index (χ0) is 19.1. The maximum atomic E-state index is 11.7. The smallest absolute Gasteiger partial charge is 0.344 e. The highest BCUT2D eigenvalue weighted by Crippen LogP contribution is 2.40. The molecular weight excluding hydrogens is 362 g/mol. The summed E-state index contributed by atoms with van der Waals surface area (Å²) in [6.45, 7) is 0. The topological polar surface area (TPSA) is 209 Å². The van der Waals surface area contributed by atoms with Gasteiger partial charge in [0.25, 0.3) is 15.8 Å². The summed E-state index contributed by atoms with van der Waals surface area (Å²) in [6, 6.07) is 2.42. The van der Waals surface area contributed by atoms with Crippen LogP contribution in [0.15, 0.2) is 29.3 Å². The lowest BCUT2D eigenvalue weighted by Gasteiger charge is -2.22. The fraction of sp³-hybridized carbons (Fsp3) is 0.0833. The number of nitrogens with zero attached hydrogens (tertiary/aromatic N) is 3. The summed E-state index contributed by atoms with van der Waals surface area (Å²) >= 11 is 0. The summed E-state index contributed by atoms with van der Waals surface area (Å²) in [5.74, 6) is -3.96. The number of non-ortho nitro benzene ring substituents is 1. The van der Waals surface area contributed by atoms with E-state index < -0.39 is 65.9 Å². The van der Waals surface area contributed by atoms with Crippen molar-refractivity contribution in [1.29, 1.82) is 0 Å². The highest BCUT2D eigenvalue weighted by molar-refractivity contribution is 7.86. The Labute approximate surface area is 138 Å². The Morgan fingerprint density at radius 2 is 1.84 bits per heavy atom. The summed E-state index contributed by atoms with van der Waals surface area (Å²) in [6.07, 6.45) is 0. The average molecular weight is 369 g/mol. The van der Waals surface area contributed by atoms with Crippen LogP contribution >= 0.6 is 0 Å². The fourth-order valence-corrected chi connectivity index (χ4v) is 3.53. The first-order chi connectivity index (χ1) is 11.5. The number of carboxylic acid groups (broad SMARTS) is 2.